The summed E-state index contributed by atoms with van der Waals surface area (Å²) in [6.07, 6.45) is 0.707. The maximum atomic E-state index is 14.5. The fourth-order valence-corrected chi connectivity index (χ4v) is 4.22. The number of rotatable bonds is 5. The quantitative estimate of drug-likeness (QED) is 0.572. The van der Waals surface area contributed by atoms with Crippen LogP contribution in [0.15, 0.2) is 36.5 Å². The lowest BCUT2D eigenvalue weighted by molar-refractivity contribution is 0.0954. The minimum Gasteiger partial charge on any atom is -0.394 e. The van der Waals surface area contributed by atoms with Crippen molar-refractivity contribution in [3.05, 3.63) is 47.9 Å². The number of pyridine rings is 1. The molecule has 1 saturated heterocycles. The molecule has 0 bridgehead atoms. The number of fused-ring (bicyclic) bond motifs is 1. The Morgan fingerprint density at radius 2 is 2.03 bits per heavy atom. The predicted octanol–water partition coefficient (Wildman–Crippen LogP) is 2.08. The molecule has 4 rings (SSSR count). The maximum absolute atomic E-state index is 14.5. The van der Waals surface area contributed by atoms with Crippen LogP contribution in [0.2, 0.25) is 0 Å². The molecule has 158 valence electrons. The number of carbonyl (C=O) groups is 1. The van der Waals surface area contributed by atoms with Gasteiger partial charge in [0.05, 0.1) is 22.9 Å². The number of anilines is 2. The van der Waals surface area contributed by atoms with Crippen LogP contribution in [0.4, 0.5) is 20.1 Å². The van der Waals surface area contributed by atoms with Gasteiger partial charge in [-0.15, -0.1) is 0 Å². The molecular formula is C20H22FN5O3S. The van der Waals surface area contributed by atoms with E-state index in [0.29, 0.717) is 36.9 Å². The van der Waals surface area contributed by atoms with E-state index in [-0.39, 0.29) is 24.9 Å². The summed E-state index contributed by atoms with van der Waals surface area (Å²) >= 11 is 1.42. The van der Waals surface area contributed by atoms with Gasteiger partial charge in [-0.25, -0.2) is 19.2 Å². The molecule has 1 fully saturated rings. The number of aliphatic hydroxyl groups excluding tert-OH is 2. The molecule has 8 nitrogen and oxygen atoms in total. The second-order valence-corrected chi connectivity index (χ2v) is 8.11. The van der Waals surface area contributed by atoms with E-state index >= 15 is 0 Å². The van der Waals surface area contributed by atoms with Crippen LogP contribution in [-0.4, -0.2) is 70.0 Å². The number of piperazine rings is 1. The highest BCUT2D eigenvalue weighted by molar-refractivity contribution is 7.22. The third-order valence-corrected chi connectivity index (χ3v) is 5.89. The van der Waals surface area contributed by atoms with Gasteiger partial charge in [-0.3, -0.25) is 5.32 Å². The van der Waals surface area contributed by atoms with Crippen molar-refractivity contribution < 1.29 is 19.4 Å². The molecule has 0 radical (unpaired) electrons. The van der Waals surface area contributed by atoms with E-state index in [1.54, 1.807) is 9.80 Å². The molecule has 1 aliphatic heterocycles. The molecule has 1 aromatic carbocycles. The van der Waals surface area contributed by atoms with Crippen molar-refractivity contribution in [2.75, 3.05) is 43.0 Å². The maximum Gasteiger partial charge on any atom is 0.323 e. The van der Waals surface area contributed by atoms with Gasteiger partial charge in [0.2, 0.25) is 0 Å². The van der Waals surface area contributed by atoms with E-state index in [1.807, 2.05) is 24.3 Å². The average Bonchev–Trinajstić information content (AvgIpc) is 3.16. The molecule has 2 amide bonds. The Morgan fingerprint density at radius 3 is 2.73 bits per heavy atom. The Kier molecular flexibility index (Phi) is 6.07. The largest absolute Gasteiger partial charge is 0.394 e. The number of hydrogen-bond donors (Lipinski definition) is 3. The summed E-state index contributed by atoms with van der Waals surface area (Å²) in [6.45, 7) is 1.39. The van der Waals surface area contributed by atoms with Crippen molar-refractivity contribution in [2.24, 2.45) is 0 Å². The first kappa shape index (κ1) is 20.5. The number of aromatic nitrogens is 2. The SMILES string of the molecule is O=C(Nc1nc2ccccc2s1)N1CCN(c2ncc(C[C@H](O)CO)cc2F)CC1. The number of benzene rings is 1. The number of para-hydroxylation sites is 1. The molecule has 0 saturated carbocycles. The van der Waals surface area contributed by atoms with Gasteiger partial charge in [-0.05, 0) is 23.8 Å². The van der Waals surface area contributed by atoms with Crippen LogP contribution < -0.4 is 10.2 Å². The number of amides is 2. The van der Waals surface area contributed by atoms with Crippen LogP contribution >= 0.6 is 11.3 Å². The highest BCUT2D eigenvalue weighted by Gasteiger charge is 2.24. The van der Waals surface area contributed by atoms with Gasteiger partial charge in [-0.2, -0.15) is 0 Å². The Labute approximate surface area is 176 Å². The number of nitrogens with one attached hydrogen (secondary N) is 1. The fraction of sp³-hybridized carbons (Fsp3) is 0.350. The number of nitrogens with zero attached hydrogens (tertiary/aromatic N) is 4. The van der Waals surface area contributed by atoms with Crippen LogP contribution in [0.25, 0.3) is 10.2 Å². The summed E-state index contributed by atoms with van der Waals surface area (Å²) in [5.41, 5.74) is 1.37. The van der Waals surface area contributed by atoms with Crippen LogP contribution in [0.5, 0.6) is 0 Å². The molecule has 3 aromatic rings. The number of urea groups is 1. The van der Waals surface area contributed by atoms with Gasteiger partial charge < -0.3 is 20.0 Å². The van der Waals surface area contributed by atoms with Crippen LogP contribution in [0, 0.1) is 5.82 Å². The Bertz CT molecular complexity index is 1010. The Morgan fingerprint density at radius 1 is 1.27 bits per heavy atom. The molecule has 1 atom stereocenters. The molecule has 1 aliphatic rings. The Balaban J connectivity index is 1.34. The van der Waals surface area contributed by atoms with Crippen molar-refractivity contribution >= 4 is 38.5 Å². The molecule has 30 heavy (non-hydrogen) atoms. The summed E-state index contributed by atoms with van der Waals surface area (Å²) in [6, 6.07) is 8.79. The number of carbonyl (C=O) groups excluding carboxylic acids is 1. The van der Waals surface area contributed by atoms with Crippen molar-refractivity contribution in [2.45, 2.75) is 12.5 Å². The minimum atomic E-state index is -0.936. The van der Waals surface area contributed by atoms with Gasteiger partial charge in [0, 0.05) is 38.8 Å². The third-order valence-electron chi connectivity index (χ3n) is 4.93. The summed E-state index contributed by atoms with van der Waals surface area (Å²) in [5, 5.41) is 21.8. The fourth-order valence-electron chi connectivity index (χ4n) is 3.37. The van der Waals surface area contributed by atoms with Crippen molar-refractivity contribution in [3.63, 3.8) is 0 Å². The lowest BCUT2D eigenvalue weighted by atomic mass is 10.1. The number of aliphatic hydroxyl groups is 2. The summed E-state index contributed by atoms with van der Waals surface area (Å²) in [4.78, 5) is 24.6. The van der Waals surface area contributed by atoms with Crippen LogP contribution in [0.3, 0.4) is 0 Å². The monoisotopic (exact) mass is 431 g/mol. The summed E-state index contributed by atoms with van der Waals surface area (Å²) in [5.74, 6) is -0.256. The van der Waals surface area contributed by atoms with Crippen molar-refractivity contribution in [1.82, 2.24) is 14.9 Å². The van der Waals surface area contributed by atoms with Crippen LogP contribution in [0.1, 0.15) is 5.56 Å². The number of thiazole rings is 1. The summed E-state index contributed by atoms with van der Waals surface area (Å²) < 4.78 is 15.5. The third kappa shape index (κ3) is 4.50. The minimum absolute atomic E-state index is 0.139. The van der Waals surface area contributed by atoms with E-state index < -0.39 is 11.9 Å². The molecular weight excluding hydrogens is 409 g/mol. The zero-order chi connectivity index (χ0) is 21.1. The van der Waals surface area contributed by atoms with E-state index in [2.05, 4.69) is 15.3 Å². The molecule has 3 heterocycles. The van der Waals surface area contributed by atoms with Gasteiger partial charge in [0.1, 0.15) is 0 Å². The molecule has 0 aliphatic carbocycles. The molecule has 10 heteroatoms. The van der Waals surface area contributed by atoms with Gasteiger partial charge in [-0.1, -0.05) is 23.5 Å². The first-order valence-corrected chi connectivity index (χ1v) is 10.4. The van der Waals surface area contributed by atoms with Crippen LogP contribution in [-0.2, 0) is 6.42 Å². The zero-order valence-electron chi connectivity index (χ0n) is 16.2. The Hall–Kier alpha value is -2.82. The molecule has 3 N–H and O–H groups in total. The van der Waals surface area contributed by atoms with Gasteiger partial charge >= 0.3 is 6.03 Å². The summed E-state index contributed by atoms with van der Waals surface area (Å²) in [7, 11) is 0. The highest BCUT2D eigenvalue weighted by Crippen LogP contribution is 2.26. The standard InChI is InChI=1S/C20H22FN5O3S/c21-15-10-13(9-14(28)12-27)11-22-18(15)25-5-7-26(8-6-25)20(29)24-19-23-16-3-1-2-4-17(16)30-19/h1-4,10-11,14,27-28H,5-9,12H2,(H,23,24,29)/t14-/m0/s1. The van der Waals surface area contributed by atoms with E-state index in [1.165, 1.54) is 23.6 Å². The second-order valence-electron chi connectivity index (χ2n) is 7.08. The second kappa shape index (κ2) is 8.90. The highest BCUT2D eigenvalue weighted by atomic mass is 32.1. The molecule has 2 aromatic heterocycles. The first-order chi connectivity index (χ1) is 14.5. The van der Waals surface area contributed by atoms with Gasteiger partial charge in [0.15, 0.2) is 16.8 Å². The lowest BCUT2D eigenvalue weighted by Crippen LogP contribution is -2.50. The van der Waals surface area contributed by atoms with E-state index in [0.717, 1.165) is 10.2 Å². The van der Waals surface area contributed by atoms with Crippen molar-refractivity contribution in [3.8, 4) is 0 Å². The zero-order valence-corrected chi connectivity index (χ0v) is 17.0. The van der Waals surface area contributed by atoms with Crippen molar-refractivity contribution in [1.29, 1.82) is 0 Å². The van der Waals surface area contributed by atoms with E-state index in [9.17, 15) is 14.3 Å². The molecule has 0 unspecified atom stereocenters. The first-order valence-electron chi connectivity index (χ1n) is 9.63. The lowest BCUT2D eigenvalue weighted by Gasteiger charge is -2.35. The average molecular weight is 431 g/mol. The number of halogens is 1. The van der Waals surface area contributed by atoms with Gasteiger partial charge in [0.25, 0.3) is 0 Å². The topological polar surface area (TPSA) is 102 Å². The number of hydrogen-bond acceptors (Lipinski definition) is 7. The molecule has 0 spiro atoms. The smallest absolute Gasteiger partial charge is 0.323 e. The normalized spacial score (nSPS) is 15.4. The van der Waals surface area contributed by atoms with E-state index in [4.69, 9.17) is 5.11 Å². The predicted molar refractivity (Wildman–Crippen MR) is 113 cm³/mol.